The second kappa shape index (κ2) is 9.42. The molecule has 0 radical (unpaired) electrons. The van der Waals surface area contributed by atoms with E-state index in [9.17, 15) is 4.79 Å². The molecule has 0 spiro atoms. The number of carbonyl (C=O) groups is 1. The maximum atomic E-state index is 12.7. The summed E-state index contributed by atoms with van der Waals surface area (Å²) in [7, 11) is 0. The minimum absolute atomic E-state index is 0.293. The first kappa shape index (κ1) is 18.4. The zero-order chi connectivity index (χ0) is 15.8. The fourth-order valence-corrected chi connectivity index (χ4v) is 3.22. The molecule has 1 rings (SSSR count). The molecule has 0 saturated carbocycles. The van der Waals surface area contributed by atoms with Crippen molar-refractivity contribution < 1.29 is 4.79 Å². The zero-order valence-electron chi connectivity index (χ0n) is 14.5. The Morgan fingerprint density at radius 2 is 1.81 bits per heavy atom. The molecule has 21 heavy (non-hydrogen) atoms. The third-order valence-corrected chi connectivity index (χ3v) is 4.11. The number of carbonyl (C=O) groups excluding carboxylic acids is 1. The van der Waals surface area contributed by atoms with Crippen LogP contribution in [0.1, 0.15) is 53.4 Å². The average molecular weight is 297 g/mol. The van der Waals surface area contributed by atoms with E-state index in [4.69, 9.17) is 5.73 Å². The van der Waals surface area contributed by atoms with Gasteiger partial charge in [-0.3, -0.25) is 9.69 Å². The third kappa shape index (κ3) is 6.79. The first-order chi connectivity index (χ1) is 9.93. The monoisotopic (exact) mass is 297 g/mol. The van der Waals surface area contributed by atoms with Crippen molar-refractivity contribution in [3.63, 3.8) is 0 Å². The lowest BCUT2D eigenvalue weighted by molar-refractivity contribution is -0.134. The van der Waals surface area contributed by atoms with Crippen LogP contribution < -0.4 is 5.73 Å². The average Bonchev–Trinajstić information content (AvgIpc) is 2.39. The second-order valence-electron chi connectivity index (χ2n) is 7.28. The van der Waals surface area contributed by atoms with Crippen LogP contribution in [0.4, 0.5) is 0 Å². The van der Waals surface area contributed by atoms with Crippen molar-refractivity contribution in [2.45, 2.75) is 59.4 Å². The number of piperidine rings is 1. The minimum Gasteiger partial charge on any atom is -0.341 e. The summed E-state index contributed by atoms with van der Waals surface area (Å²) in [6.45, 7) is 12.8. The summed E-state index contributed by atoms with van der Waals surface area (Å²) in [5.74, 6) is 1.34. The SMILES string of the molecule is CC(C)CN(CC(C)C)C(=O)CN1CCCCC1CCN. The van der Waals surface area contributed by atoms with Crippen LogP contribution >= 0.6 is 0 Å². The first-order valence-corrected chi connectivity index (χ1v) is 8.66. The number of hydrogen-bond donors (Lipinski definition) is 1. The lowest BCUT2D eigenvalue weighted by Crippen LogP contribution is -2.48. The molecule has 1 saturated heterocycles. The fourth-order valence-electron chi connectivity index (χ4n) is 3.22. The van der Waals surface area contributed by atoms with Gasteiger partial charge in [0.15, 0.2) is 0 Å². The van der Waals surface area contributed by atoms with Crippen molar-refractivity contribution >= 4 is 5.91 Å². The summed E-state index contributed by atoms with van der Waals surface area (Å²) in [6, 6.07) is 0.507. The zero-order valence-corrected chi connectivity index (χ0v) is 14.5. The predicted molar refractivity (Wildman–Crippen MR) is 89.1 cm³/mol. The van der Waals surface area contributed by atoms with Crippen LogP contribution in [0.2, 0.25) is 0 Å². The first-order valence-electron chi connectivity index (χ1n) is 8.66. The Bertz CT molecular complexity index is 292. The molecule has 0 aromatic rings. The van der Waals surface area contributed by atoms with Crippen LogP contribution in [-0.2, 0) is 4.79 Å². The van der Waals surface area contributed by atoms with E-state index in [0.717, 1.165) is 32.6 Å². The Balaban J connectivity index is 2.60. The van der Waals surface area contributed by atoms with Crippen LogP contribution in [-0.4, -0.2) is 54.5 Å². The summed E-state index contributed by atoms with van der Waals surface area (Å²) < 4.78 is 0. The van der Waals surface area contributed by atoms with Crippen molar-refractivity contribution in [2.24, 2.45) is 17.6 Å². The van der Waals surface area contributed by atoms with E-state index in [-0.39, 0.29) is 0 Å². The summed E-state index contributed by atoms with van der Waals surface area (Å²) >= 11 is 0. The Hall–Kier alpha value is -0.610. The lowest BCUT2D eigenvalue weighted by Gasteiger charge is -2.37. The molecule has 1 unspecified atom stereocenters. The Morgan fingerprint density at radius 1 is 1.19 bits per heavy atom. The molecular weight excluding hydrogens is 262 g/mol. The molecule has 0 bridgehead atoms. The molecule has 0 aromatic heterocycles. The Morgan fingerprint density at radius 3 is 2.33 bits per heavy atom. The standard InChI is InChI=1S/C17H35N3O/c1-14(2)11-20(12-15(3)4)17(21)13-19-10-6-5-7-16(19)8-9-18/h14-16H,5-13,18H2,1-4H3. The summed E-state index contributed by atoms with van der Waals surface area (Å²) in [5.41, 5.74) is 5.72. The summed E-state index contributed by atoms with van der Waals surface area (Å²) in [6.07, 6.45) is 4.69. The molecule has 1 aliphatic heterocycles. The predicted octanol–water partition coefficient (Wildman–Crippen LogP) is 2.33. The van der Waals surface area contributed by atoms with Crippen molar-refractivity contribution in [3.05, 3.63) is 0 Å². The van der Waals surface area contributed by atoms with Crippen LogP contribution in [0.3, 0.4) is 0 Å². The number of hydrogen-bond acceptors (Lipinski definition) is 3. The Kier molecular flexibility index (Phi) is 8.27. The van der Waals surface area contributed by atoms with E-state index in [1.54, 1.807) is 0 Å². The Labute approximate surface area is 131 Å². The van der Waals surface area contributed by atoms with E-state index in [0.29, 0.717) is 30.3 Å². The molecule has 2 N–H and O–H groups in total. The van der Waals surface area contributed by atoms with Gasteiger partial charge in [-0.25, -0.2) is 0 Å². The quantitative estimate of drug-likeness (QED) is 0.748. The highest BCUT2D eigenvalue weighted by atomic mass is 16.2. The number of nitrogens with two attached hydrogens (primary N) is 1. The van der Waals surface area contributed by atoms with Gasteiger partial charge in [0.2, 0.25) is 5.91 Å². The van der Waals surface area contributed by atoms with Gasteiger partial charge in [-0.05, 0) is 44.2 Å². The molecule has 124 valence electrons. The molecule has 1 heterocycles. The lowest BCUT2D eigenvalue weighted by atomic mass is 9.99. The number of nitrogens with zero attached hydrogens (tertiary/aromatic N) is 2. The topological polar surface area (TPSA) is 49.6 Å². The van der Waals surface area contributed by atoms with Gasteiger partial charge in [-0.2, -0.15) is 0 Å². The van der Waals surface area contributed by atoms with Crippen molar-refractivity contribution in [2.75, 3.05) is 32.7 Å². The molecule has 1 atom stereocenters. The number of amides is 1. The van der Waals surface area contributed by atoms with Crippen LogP contribution in [0.15, 0.2) is 0 Å². The number of rotatable bonds is 8. The summed E-state index contributed by atoms with van der Waals surface area (Å²) in [4.78, 5) is 17.1. The van der Waals surface area contributed by atoms with E-state index < -0.39 is 0 Å². The van der Waals surface area contributed by atoms with Gasteiger partial charge in [0.05, 0.1) is 6.54 Å². The van der Waals surface area contributed by atoms with Gasteiger partial charge >= 0.3 is 0 Å². The normalized spacial score (nSPS) is 20.2. The third-order valence-electron chi connectivity index (χ3n) is 4.11. The van der Waals surface area contributed by atoms with E-state index in [1.165, 1.54) is 19.3 Å². The van der Waals surface area contributed by atoms with Gasteiger partial charge in [0.25, 0.3) is 0 Å². The van der Waals surface area contributed by atoms with E-state index in [1.807, 2.05) is 0 Å². The minimum atomic E-state index is 0.293. The van der Waals surface area contributed by atoms with Gasteiger partial charge < -0.3 is 10.6 Å². The molecule has 4 heteroatoms. The van der Waals surface area contributed by atoms with Crippen molar-refractivity contribution in [3.8, 4) is 0 Å². The highest BCUT2D eigenvalue weighted by Crippen LogP contribution is 2.19. The highest BCUT2D eigenvalue weighted by Gasteiger charge is 2.26. The molecule has 0 aromatic carbocycles. The van der Waals surface area contributed by atoms with Crippen LogP contribution in [0, 0.1) is 11.8 Å². The van der Waals surface area contributed by atoms with E-state index >= 15 is 0 Å². The summed E-state index contributed by atoms with van der Waals surface area (Å²) in [5, 5.41) is 0. The second-order valence-corrected chi connectivity index (χ2v) is 7.28. The fraction of sp³-hybridized carbons (Fsp3) is 0.941. The molecule has 1 amide bonds. The number of likely N-dealkylation sites (tertiary alicyclic amines) is 1. The largest absolute Gasteiger partial charge is 0.341 e. The smallest absolute Gasteiger partial charge is 0.236 e. The molecule has 1 aliphatic rings. The van der Waals surface area contributed by atoms with Crippen LogP contribution in [0.5, 0.6) is 0 Å². The van der Waals surface area contributed by atoms with Crippen LogP contribution in [0.25, 0.3) is 0 Å². The molecule has 1 fully saturated rings. The molecule has 0 aliphatic carbocycles. The van der Waals surface area contributed by atoms with Crippen molar-refractivity contribution in [1.29, 1.82) is 0 Å². The van der Waals surface area contributed by atoms with Crippen molar-refractivity contribution in [1.82, 2.24) is 9.80 Å². The van der Waals surface area contributed by atoms with Gasteiger partial charge in [-0.15, -0.1) is 0 Å². The van der Waals surface area contributed by atoms with Gasteiger partial charge in [0.1, 0.15) is 0 Å². The maximum absolute atomic E-state index is 12.7. The maximum Gasteiger partial charge on any atom is 0.236 e. The highest BCUT2D eigenvalue weighted by molar-refractivity contribution is 5.78. The van der Waals surface area contributed by atoms with Gasteiger partial charge in [-0.1, -0.05) is 34.1 Å². The molecule has 4 nitrogen and oxygen atoms in total. The molecular formula is C17H35N3O. The van der Waals surface area contributed by atoms with E-state index in [2.05, 4.69) is 37.5 Å². The van der Waals surface area contributed by atoms with Gasteiger partial charge in [0, 0.05) is 19.1 Å².